The third-order valence-corrected chi connectivity index (χ3v) is 6.72. The van der Waals surface area contributed by atoms with Crippen LogP contribution in [0.25, 0.3) is 0 Å². The number of benzene rings is 1. The zero-order valence-corrected chi connectivity index (χ0v) is 15.0. The highest BCUT2D eigenvalue weighted by atomic mass is 32.2. The van der Waals surface area contributed by atoms with Crippen molar-refractivity contribution in [3.8, 4) is 17.2 Å². The van der Waals surface area contributed by atoms with Crippen LogP contribution in [0.5, 0.6) is 17.2 Å². The van der Waals surface area contributed by atoms with Crippen molar-refractivity contribution in [3.63, 3.8) is 0 Å². The van der Waals surface area contributed by atoms with Crippen molar-refractivity contribution in [2.75, 3.05) is 19.9 Å². The molecule has 8 heteroatoms. The Hall–Kier alpha value is -1.51. The minimum Gasteiger partial charge on any atom is -0.490 e. The van der Waals surface area contributed by atoms with Crippen LogP contribution in [0.1, 0.15) is 38.5 Å². The van der Waals surface area contributed by atoms with Gasteiger partial charge in [0.25, 0.3) is 10.2 Å². The highest BCUT2D eigenvalue weighted by molar-refractivity contribution is 7.87. The maximum atomic E-state index is 12.3. The van der Waals surface area contributed by atoms with Crippen LogP contribution in [0.2, 0.25) is 0 Å². The first-order valence-corrected chi connectivity index (χ1v) is 10.4. The summed E-state index contributed by atoms with van der Waals surface area (Å²) in [6, 6.07) is 5.59. The molecule has 0 aromatic heterocycles. The molecule has 2 fully saturated rings. The Morgan fingerprint density at radius 2 is 1.76 bits per heavy atom. The number of nitrogens with one attached hydrogen (secondary N) is 1. The summed E-state index contributed by atoms with van der Waals surface area (Å²) in [6.45, 7) is 1.52. The molecule has 0 unspecified atom stereocenters. The second-order valence-electron chi connectivity index (χ2n) is 6.84. The highest BCUT2D eigenvalue weighted by Crippen LogP contribution is 2.36. The van der Waals surface area contributed by atoms with Gasteiger partial charge in [-0.1, -0.05) is 0 Å². The summed E-state index contributed by atoms with van der Waals surface area (Å²) in [5.41, 5.74) is 0. The van der Waals surface area contributed by atoms with Crippen molar-refractivity contribution in [1.29, 1.82) is 0 Å². The molecule has 0 amide bonds. The van der Waals surface area contributed by atoms with Crippen LogP contribution in [0.3, 0.4) is 0 Å². The van der Waals surface area contributed by atoms with Crippen LogP contribution in [0.4, 0.5) is 0 Å². The molecular weight excluding hydrogens is 344 g/mol. The van der Waals surface area contributed by atoms with Crippen molar-refractivity contribution in [1.82, 2.24) is 9.03 Å². The third-order valence-electron chi connectivity index (χ3n) is 5.04. The largest absolute Gasteiger partial charge is 0.490 e. The number of hydrogen-bond donors (Lipinski definition) is 1. The molecule has 0 spiro atoms. The lowest BCUT2D eigenvalue weighted by Gasteiger charge is -2.30. The van der Waals surface area contributed by atoms with Crippen LogP contribution < -0.4 is 18.9 Å². The lowest BCUT2D eigenvalue weighted by molar-refractivity contribution is 0.143. The van der Waals surface area contributed by atoms with E-state index in [1.54, 1.807) is 4.31 Å². The molecule has 2 heterocycles. The predicted molar refractivity (Wildman–Crippen MR) is 92.1 cm³/mol. The van der Waals surface area contributed by atoms with E-state index in [0.29, 0.717) is 18.8 Å². The van der Waals surface area contributed by atoms with E-state index in [-0.39, 0.29) is 18.9 Å². The van der Waals surface area contributed by atoms with Crippen molar-refractivity contribution in [2.45, 2.75) is 50.7 Å². The lowest BCUT2D eigenvalue weighted by atomic mass is 9.94. The van der Waals surface area contributed by atoms with Gasteiger partial charge in [0.1, 0.15) is 5.75 Å². The molecule has 0 radical (unpaired) electrons. The second kappa shape index (κ2) is 7.01. The van der Waals surface area contributed by atoms with Crippen molar-refractivity contribution in [3.05, 3.63) is 18.2 Å². The Morgan fingerprint density at radius 3 is 2.52 bits per heavy atom. The summed E-state index contributed by atoms with van der Waals surface area (Å²) in [6.07, 6.45) is 5.27. The Morgan fingerprint density at radius 1 is 1.04 bits per heavy atom. The zero-order valence-electron chi connectivity index (χ0n) is 14.1. The van der Waals surface area contributed by atoms with E-state index in [4.69, 9.17) is 14.2 Å². The summed E-state index contributed by atoms with van der Waals surface area (Å²) in [5.74, 6) is 2.22. The molecule has 1 aromatic rings. The van der Waals surface area contributed by atoms with E-state index in [1.807, 2.05) is 18.2 Å². The van der Waals surface area contributed by atoms with Crippen molar-refractivity contribution >= 4 is 10.2 Å². The Bertz CT molecular complexity index is 710. The minimum absolute atomic E-state index is 0.00204. The number of nitrogens with zero attached hydrogens (tertiary/aromatic N) is 1. The molecule has 138 valence electrons. The van der Waals surface area contributed by atoms with Crippen molar-refractivity contribution < 1.29 is 22.6 Å². The summed E-state index contributed by atoms with van der Waals surface area (Å²) in [4.78, 5) is 0. The fraction of sp³-hybridized carbons (Fsp3) is 0.647. The molecular formula is C17H24N2O5S. The van der Waals surface area contributed by atoms with Crippen LogP contribution in [0, 0.1) is 0 Å². The Balaban J connectivity index is 1.28. The topological polar surface area (TPSA) is 77.1 Å². The van der Waals surface area contributed by atoms with Gasteiger partial charge in [-0.05, 0) is 50.7 Å². The van der Waals surface area contributed by atoms with E-state index in [0.717, 1.165) is 50.0 Å². The van der Waals surface area contributed by atoms with Crippen LogP contribution in [-0.2, 0) is 10.2 Å². The minimum atomic E-state index is -3.33. The zero-order chi connectivity index (χ0) is 17.3. The van der Waals surface area contributed by atoms with E-state index in [9.17, 15) is 8.42 Å². The van der Waals surface area contributed by atoms with Crippen molar-refractivity contribution in [2.24, 2.45) is 0 Å². The first kappa shape index (κ1) is 16.9. The number of hydrogen-bond acceptors (Lipinski definition) is 5. The Labute approximate surface area is 148 Å². The third kappa shape index (κ3) is 3.86. The lowest BCUT2D eigenvalue weighted by Crippen LogP contribution is -2.46. The smallest absolute Gasteiger partial charge is 0.279 e. The van der Waals surface area contributed by atoms with Gasteiger partial charge in [-0.25, -0.2) is 0 Å². The summed E-state index contributed by atoms with van der Waals surface area (Å²) >= 11 is 0. The first-order chi connectivity index (χ1) is 12.1. The quantitative estimate of drug-likeness (QED) is 0.861. The van der Waals surface area contributed by atoms with Crippen LogP contribution in [0.15, 0.2) is 18.2 Å². The van der Waals surface area contributed by atoms with Gasteiger partial charge in [0.05, 0.1) is 6.10 Å². The highest BCUT2D eigenvalue weighted by Gasteiger charge is 2.30. The number of fused-ring (bicyclic) bond motifs is 1. The molecule has 1 saturated heterocycles. The van der Waals surface area contributed by atoms with Crippen LogP contribution in [-0.4, -0.2) is 44.8 Å². The fourth-order valence-electron chi connectivity index (χ4n) is 3.65. The van der Waals surface area contributed by atoms with E-state index >= 15 is 0 Å². The summed E-state index contributed by atoms with van der Waals surface area (Å²) in [5, 5.41) is 0. The van der Waals surface area contributed by atoms with Gasteiger partial charge in [-0.15, -0.1) is 0 Å². The van der Waals surface area contributed by atoms with E-state index in [1.165, 1.54) is 0 Å². The molecule has 1 N–H and O–H groups in total. The molecule has 25 heavy (non-hydrogen) atoms. The van der Waals surface area contributed by atoms with Gasteiger partial charge in [0.2, 0.25) is 6.79 Å². The van der Waals surface area contributed by atoms with Gasteiger partial charge >= 0.3 is 0 Å². The molecule has 4 rings (SSSR count). The average Bonchev–Trinajstić information content (AvgIpc) is 3.28. The molecule has 1 saturated carbocycles. The molecule has 2 aliphatic heterocycles. The second-order valence-corrected chi connectivity index (χ2v) is 8.54. The van der Waals surface area contributed by atoms with E-state index in [2.05, 4.69) is 4.72 Å². The summed E-state index contributed by atoms with van der Waals surface area (Å²) < 4.78 is 45.8. The average molecular weight is 368 g/mol. The standard InChI is InChI=1S/C17H24N2O5S/c20-25(21,19-9-1-2-10-19)18-13-3-5-14(6-4-13)24-15-7-8-16-17(11-15)23-12-22-16/h7-8,11,13-14,18H,1-6,9-10,12H2. The van der Waals surface area contributed by atoms with Gasteiger partial charge in [-0.3, -0.25) is 0 Å². The fourth-order valence-corrected chi connectivity index (χ4v) is 5.20. The molecule has 0 bridgehead atoms. The predicted octanol–water partition coefficient (Wildman–Crippen LogP) is 2.04. The van der Waals surface area contributed by atoms with Gasteiger partial charge in [0, 0.05) is 25.2 Å². The monoisotopic (exact) mass is 368 g/mol. The van der Waals surface area contributed by atoms with Crippen LogP contribution >= 0.6 is 0 Å². The molecule has 3 aliphatic rings. The number of ether oxygens (including phenoxy) is 3. The summed E-state index contributed by atoms with van der Waals surface area (Å²) in [7, 11) is -3.33. The van der Waals surface area contributed by atoms with Gasteiger partial charge in [0.15, 0.2) is 11.5 Å². The Kier molecular flexibility index (Phi) is 4.75. The molecule has 1 aliphatic carbocycles. The SMILES string of the molecule is O=S(=O)(NC1CCC(Oc2ccc3c(c2)OCO3)CC1)N1CCCC1. The molecule has 0 atom stereocenters. The van der Waals surface area contributed by atoms with E-state index < -0.39 is 10.2 Å². The maximum absolute atomic E-state index is 12.3. The molecule has 1 aromatic carbocycles. The number of rotatable bonds is 5. The normalized spacial score (nSPS) is 26.7. The van der Waals surface area contributed by atoms with Gasteiger partial charge < -0.3 is 14.2 Å². The first-order valence-electron chi connectivity index (χ1n) is 8.94. The maximum Gasteiger partial charge on any atom is 0.279 e. The van der Waals surface area contributed by atoms with Gasteiger partial charge in [-0.2, -0.15) is 17.4 Å². The molecule has 7 nitrogen and oxygen atoms in total.